The summed E-state index contributed by atoms with van der Waals surface area (Å²) in [5.41, 5.74) is 4.96. The highest BCUT2D eigenvalue weighted by Gasteiger charge is 2.23. The molecule has 2 heterocycles. The molecule has 0 aromatic heterocycles. The molecule has 0 saturated carbocycles. The fourth-order valence-corrected chi connectivity index (χ4v) is 3.90. The molecule has 2 aliphatic heterocycles. The molecule has 0 N–H and O–H groups in total. The Hall–Kier alpha value is -2.17. The molecule has 4 nitrogen and oxygen atoms in total. The van der Waals surface area contributed by atoms with Gasteiger partial charge in [-0.25, -0.2) is 0 Å². The SMILES string of the molecule is O=C(CCN1CCOCC1)N1Cc2ccccc2CCc2ccccc21. The van der Waals surface area contributed by atoms with Crippen molar-refractivity contribution in [1.82, 2.24) is 4.90 Å². The first-order chi connectivity index (χ1) is 12.8. The van der Waals surface area contributed by atoms with E-state index in [0.717, 1.165) is 51.4 Å². The number of para-hydroxylation sites is 1. The zero-order valence-corrected chi connectivity index (χ0v) is 15.2. The van der Waals surface area contributed by atoms with Crippen molar-refractivity contribution >= 4 is 11.6 Å². The van der Waals surface area contributed by atoms with Crippen molar-refractivity contribution in [3.8, 4) is 0 Å². The van der Waals surface area contributed by atoms with Gasteiger partial charge in [-0.2, -0.15) is 0 Å². The molecule has 4 rings (SSSR count). The first-order valence-electron chi connectivity index (χ1n) is 9.56. The number of ether oxygens (including phenoxy) is 1. The molecular formula is C22H26N2O2. The number of aryl methyl sites for hydroxylation is 2. The van der Waals surface area contributed by atoms with Crippen LogP contribution < -0.4 is 4.90 Å². The van der Waals surface area contributed by atoms with Crippen molar-refractivity contribution in [1.29, 1.82) is 0 Å². The van der Waals surface area contributed by atoms with E-state index >= 15 is 0 Å². The van der Waals surface area contributed by atoms with Crippen LogP contribution in [0.25, 0.3) is 0 Å². The van der Waals surface area contributed by atoms with Crippen LogP contribution in [0.4, 0.5) is 5.69 Å². The normalized spacial score (nSPS) is 17.8. The van der Waals surface area contributed by atoms with Gasteiger partial charge in [-0.15, -0.1) is 0 Å². The average Bonchev–Trinajstić information content (AvgIpc) is 2.69. The Morgan fingerprint density at radius 1 is 0.885 bits per heavy atom. The topological polar surface area (TPSA) is 32.8 Å². The van der Waals surface area contributed by atoms with Crippen molar-refractivity contribution in [3.63, 3.8) is 0 Å². The van der Waals surface area contributed by atoms with Gasteiger partial charge in [0.15, 0.2) is 0 Å². The Balaban J connectivity index is 1.56. The van der Waals surface area contributed by atoms with Gasteiger partial charge in [0, 0.05) is 31.7 Å². The van der Waals surface area contributed by atoms with Crippen molar-refractivity contribution in [2.45, 2.75) is 25.8 Å². The van der Waals surface area contributed by atoms with Crippen molar-refractivity contribution < 1.29 is 9.53 Å². The third-order valence-electron chi connectivity index (χ3n) is 5.44. The number of fused-ring (bicyclic) bond motifs is 2. The largest absolute Gasteiger partial charge is 0.379 e. The van der Waals surface area contributed by atoms with E-state index in [1.54, 1.807) is 0 Å². The van der Waals surface area contributed by atoms with Gasteiger partial charge in [0.05, 0.1) is 19.8 Å². The number of carbonyl (C=O) groups excluding carboxylic acids is 1. The van der Waals surface area contributed by atoms with Crippen LogP contribution in [0.15, 0.2) is 48.5 Å². The molecule has 0 unspecified atom stereocenters. The number of benzene rings is 2. The molecule has 0 spiro atoms. The van der Waals surface area contributed by atoms with Gasteiger partial charge in [-0.3, -0.25) is 9.69 Å². The molecule has 26 heavy (non-hydrogen) atoms. The molecule has 1 amide bonds. The molecule has 0 atom stereocenters. The van der Waals surface area contributed by atoms with Crippen LogP contribution in [0, 0.1) is 0 Å². The van der Waals surface area contributed by atoms with Crippen molar-refractivity contribution in [2.75, 3.05) is 37.7 Å². The van der Waals surface area contributed by atoms with Gasteiger partial charge in [0.25, 0.3) is 0 Å². The lowest BCUT2D eigenvalue weighted by molar-refractivity contribution is -0.119. The van der Waals surface area contributed by atoms with E-state index in [-0.39, 0.29) is 5.91 Å². The van der Waals surface area contributed by atoms with Gasteiger partial charge in [0.2, 0.25) is 5.91 Å². The smallest absolute Gasteiger partial charge is 0.228 e. The van der Waals surface area contributed by atoms with Crippen LogP contribution in [0.2, 0.25) is 0 Å². The summed E-state index contributed by atoms with van der Waals surface area (Å²) < 4.78 is 5.40. The van der Waals surface area contributed by atoms with Crippen molar-refractivity contribution in [3.05, 3.63) is 65.2 Å². The van der Waals surface area contributed by atoms with Gasteiger partial charge in [-0.05, 0) is 35.6 Å². The Labute approximate surface area is 155 Å². The zero-order chi connectivity index (χ0) is 17.8. The van der Waals surface area contributed by atoms with E-state index in [9.17, 15) is 4.79 Å². The number of anilines is 1. The molecule has 0 bridgehead atoms. The Kier molecular flexibility index (Phi) is 5.32. The molecule has 1 fully saturated rings. The summed E-state index contributed by atoms with van der Waals surface area (Å²) in [6.45, 7) is 4.86. The lowest BCUT2D eigenvalue weighted by Gasteiger charge is -2.30. The molecule has 1 saturated heterocycles. The minimum atomic E-state index is 0.209. The lowest BCUT2D eigenvalue weighted by Crippen LogP contribution is -2.40. The highest BCUT2D eigenvalue weighted by Crippen LogP contribution is 2.28. The van der Waals surface area contributed by atoms with Gasteiger partial charge < -0.3 is 9.64 Å². The second-order valence-electron chi connectivity index (χ2n) is 7.08. The molecule has 0 aliphatic carbocycles. The summed E-state index contributed by atoms with van der Waals surface area (Å²) >= 11 is 0. The predicted molar refractivity (Wildman–Crippen MR) is 103 cm³/mol. The number of nitrogens with zero attached hydrogens (tertiary/aromatic N) is 2. The molecule has 136 valence electrons. The standard InChI is InChI=1S/C22H26N2O2/c25-22(11-12-23-13-15-26-16-14-23)24-17-20-7-2-1-5-18(20)9-10-19-6-3-4-8-21(19)24/h1-8H,9-17H2. The molecule has 0 radical (unpaired) electrons. The number of amides is 1. The monoisotopic (exact) mass is 350 g/mol. The molecular weight excluding hydrogens is 324 g/mol. The Morgan fingerprint density at radius 3 is 2.35 bits per heavy atom. The predicted octanol–water partition coefficient (Wildman–Crippen LogP) is 3.04. The minimum absolute atomic E-state index is 0.209. The summed E-state index contributed by atoms with van der Waals surface area (Å²) in [4.78, 5) is 17.5. The number of hydrogen-bond donors (Lipinski definition) is 0. The molecule has 4 heteroatoms. The Morgan fingerprint density at radius 2 is 1.54 bits per heavy atom. The highest BCUT2D eigenvalue weighted by molar-refractivity contribution is 5.94. The minimum Gasteiger partial charge on any atom is -0.379 e. The first-order valence-corrected chi connectivity index (χ1v) is 9.56. The van der Waals surface area contributed by atoms with Gasteiger partial charge in [-0.1, -0.05) is 42.5 Å². The summed E-state index contributed by atoms with van der Waals surface area (Å²) in [6, 6.07) is 16.9. The zero-order valence-electron chi connectivity index (χ0n) is 15.2. The second-order valence-corrected chi connectivity index (χ2v) is 7.08. The van der Waals surface area contributed by atoms with Gasteiger partial charge >= 0.3 is 0 Å². The fraction of sp³-hybridized carbons (Fsp3) is 0.409. The van der Waals surface area contributed by atoms with Crippen LogP contribution in [0.3, 0.4) is 0 Å². The van der Waals surface area contributed by atoms with Crippen LogP contribution in [-0.4, -0.2) is 43.7 Å². The maximum absolute atomic E-state index is 13.1. The third kappa shape index (κ3) is 3.81. The number of morpholine rings is 1. The van der Waals surface area contributed by atoms with Gasteiger partial charge in [0.1, 0.15) is 0 Å². The van der Waals surface area contributed by atoms with Crippen LogP contribution in [-0.2, 0) is 28.9 Å². The van der Waals surface area contributed by atoms with E-state index in [0.29, 0.717) is 13.0 Å². The maximum Gasteiger partial charge on any atom is 0.228 e. The summed E-state index contributed by atoms with van der Waals surface area (Å²) in [7, 11) is 0. The summed E-state index contributed by atoms with van der Waals surface area (Å²) in [6.07, 6.45) is 2.56. The third-order valence-corrected chi connectivity index (χ3v) is 5.44. The van der Waals surface area contributed by atoms with E-state index in [4.69, 9.17) is 4.74 Å². The average molecular weight is 350 g/mol. The van der Waals surface area contributed by atoms with E-state index < -0.39 is 0 Å². The first kappa shape index (κ1) is 17.3. The number of hydrogen-bond acceptors (Lipinski definition) is 3. The molecule has 2 aromatic rings. The quantitative estimate of drug-likeness (QED) is 0.853. The number of carbonyl (C=O) groups is 1. The van der Waals surface area contributed by atoms with E-state index in [1.165, 1.54) is 16.7 Å². The fourth-order valence-electron chi connectivity index (χ4n) is 3.90. The van der Waals surface area contributed by atoms with Crippen LogP contribution >= 0.6 is 0 Å². The molecule has 2 aliphatic rings. The van der Waals surface area contributed by atoms with E-state index in [2.05, 4.69) is 47.4 Å². The summed E-state index contributed by atoms with van der Waals surface area (Å²) in [5.74, 6) is 0.209. The van der Waals surface area contributed by atoms with Crippen molar-refractivity contribution in [2.24, 2.45) is 0 Å². The Bertz CT molecular complexity index is 768. The molecule has 2 aromatic carbocycles. The maximum atomic E-state index is 13.1. The highest BCUT2D eigenvalue weighted by atomic mass is 16.5. The lowest BCUT2D eigenvalue weighted by atomic mass is 9.95. The van der Waals surface area contributed by atoms with Crippen LogP contribution in [0.5, 0.6) is 0 Å². The number of rotatable bonds is 3. The van der Waals surface area contributed by atoms with Crippen LogP contribution in [0.1, 0.15) is 23.1 Å². The van der Waals surface area contributed by atoms with E-state index in [1.807, 2.05) is 11.0 Å². The summed E-state index contributed by atoms with van der Waals surface area (Å²) in [5, 5.41) is 0. The second kappa shape index (κ2) is 8.02.